The number of phenolic OH excluding ortho intramolecular Hbond substituents is 2. The quantitative estimate of drug-likeness (QED) is 0.383. The summed E-state index contributed by atoms with van der Waals surface area (Å²) in [7, 11) is 0. The molecule has 30 heavy (non-hydrogen) atoms. The van der Waals surface area contributed by atoms with Crippen LogP contribution in [0.4, 0.5) is 0 Å². The first-order valence-corrected chi connectivity index (χ1v) is 10.6. The Morgan fingerprint density at radius 2 is 1.73 bits per heavy atom. The number of hydrogen-bond acceptors (Lipinski definition) is 3. The monoisotopic (exact) mass is 438 g/mol. The summed E-state index contributed by atoms with van der Waals surface area (Å²) in [4.78, 5) is 0. The van der Waals surface area contributed by atoms with Gasteiger partial charge in [0.05, 0.1) is 5.02 Å². The summed E-state index contributed by atoms with van der Waals surface area (Å²) in [5.41, 5.74) is 6.39. The summed E-state index contributed by atoms with van der Waals surface area (Å²) in [5.74, 6) is 0.267. The van der Waals surface area contributed by atoms with Crippen LogP contribution in [-0.4, -0.2) is 21.3 Å². The first-order valence-electron chi connectivity index (χ1n) is 9.83. The highest BCUT2D eigenvalue weighted by molar-refractivity contribution is 6.43. The van der Waals surface area contributed by atoms with Crippen LogP contribution in [0.25, 0.3) is 22.0 Å². The summed E-state index contributed by atoms with van der Waals surface area (Å²) in [5, 5.41) is 25.4. The van der Waals surface area contributed by atoms with Gasteiger partial charge in [-0.3, -0.25) is 0 Å². The molecule has 3 N–H and O–H groups in total. The molecule has 3 aromatic carbocycles. The number of halogens is 2. The van der Waals surface area contributed by atoms with Gasteiger partial charge in [0.25, 0.3) is 0 Å². The van der Waals surface area contributed by atoms with Gasteiger partial charge in [0.2, 0.25) is 0 Å². The molecule has 0 bridgehead atoms. The van der Waals surface area contributed by atoms with Crippen molar-refractivity contribution in [3.8, 4) is 22.6 Å². The number of rotatable bonds is 3. The predicted octanol–water partition coefficient (Wildman–Crippen LogP) is 5.72. The zero-order valence-corrected chi connectivity index (χ0v) is 17.6. The minimum atomic E-state index is 0.00522. The summed E-state index contributed by atoms with van der Waals surface area (Å²) in [6.07, 6.45) is 0.910. The first kappa shape index (κ1) is 19.3. The van der Waals surface area contributed by atoms with E-state index in [2.05, 4.69) is 16.0 Å². The van der Waals surface area contributed by atoms with Gasteiger partial charge in [-0.2, -0.15) is 0 Å². The van der Waals surface area contributed by atoms with E-state index in [1.165, 1.54) is 11.3 Å². The van der Waals surface area contributed by atoms with E-state index in [1.807, 2.05) is 30.3 Å². The van der Waals surface area contributed by atoms with E-state index < -0.39 is 0 Å². The van der Waals surface area contributed by atoms with Crippen molar-refractivity contribution in [3.63, 3.8) is 0 Å². The maximum absolute atomic E-state index is 10.7. The van der Waals surface area contributed by atoms with Gasteiger partial charge in [-0.05, 0) is 60.0 Å². The SMILES string of the molecule is Oc1ccc(Cn2c3c(c4c(-c5ccc(Cl)c(Cl)c5O)cccc42)CCNC3)cc1. The number of hydrogen-bond donors (Lipinski definition) is 3. The Morgan fingerprint density at radius 1 is 0.933 bits per heavy atom. The van der Waals surface area contributed by atoms with Gasteiger partial charge in [-0.1, -0.05) is 47.5 Å². The van der Waals surface area contributed by atoms with Crippen molar-refractivity contribution < 1.29 is 10.2 Å². The number of benzene rings is 3. The number of aromatic nitrogens is 1. The minimum Gasteiger partial charge on any atom is -0.508 e. The van der Waals surface area contributed by atoms with E-state index in [1.54, 1.807) is 18.2 Å². The second kappa shape index (κ2) is 7.55. The molecule has 4 nitrogen and oxygen atoms in total. The minimum absolute atomic E-state index is 0.00522. The van der Waals surface area contributed by atoms with Crippen LogP contribution < -0.4 is 5.32 Å². The molecule has 0 amide bonds. The lowest BCUT2D eigenvalue weighted by atomic mass is 9.95. The Balaban J connectivity index is 1.75. The smallest absolute Gasteiger partial charge is 0.143 e. The zero-order valence-electron chi connectivity index (χ0n) is 16.1. The second-order valence-corrected chi connectivity index (χ2v) is 8.35. The average molecular weight is 439 g/mol. The van der Waals surface area contributed by atoms with Crippen LogP contribution in [0.2, 0.25) is 10.0 Å². The average Bonchev–Trinajstić information content (AvgIpc) is 3.08. The highest BCUT2D eigenvalue weighted by Gasteiger charge is 2.24. The second-order valence-electron chi connectivity index (χ2n) is 7.56. The molecule has 4 aromatic rings. The number of fused-ring (bicyclic) bond motifs is 3. The Hall–Kier alpha value is -2.66. The standard InChI is InChI=1S/C24H20Cl2N2O2/c25-19-9-8-17(24(30)23(19)26)16-2-1-3-20-22(16)18-10-11-27-12-21(18)28(20)13-14-4-6-15(29)7-5-14/h1-9,27,29-30H,10-13H2. The molecule has 0 unspecified atom stereocenters. The summed E-state index contributed by atoms with van der Waals surface area (Å²) < 4.78 is 2.32. The lowest BCUT2D eigenvalue weighted by molar-refractivity contribution is 0.475. The van der Waals surface area contributed by atoms with Gasteiger partial charge < -0.3 is 20.1 Å². The molecule has 2 heterocycles. The Labute approximate surface area is 184 Å². The molecular formula is C24H20Cl2N2O2. The van der Waals surface area contributed by atoms with Crippen LogP contribution in [-0.2, 0) is 19.5 Å². The lowest BCUT2D eigenvalue weighted by Crippen LogP contribution is -2.25. The first-order chi connectivity index (χ1) is 14.5. The number of phenols is 2. The molecule has 0 fully saturated rings. The third-order valence-electron chi connectivity index (χ3n) is 5.79. The van der Waals surface area contributed by atoms with Gasteiger partial charge in [0, 0.05) is 35.2 Å². The lowest BCUT2D eigenvalue weighted by Gasteiger charge is -2.17. The van der Waals surface area contributed by atoms with Crippen molar-refractivity contribution in [1.82, 2.24) is 9.88 Å². The van der Waals surface area contributed by atoms with Crippen molar-refractivity contribution in [3.05, 3.63) is 81.5 Å². The normalized spacial score (nSPS) is 13.5. The third kappa shape index (κ3) is 3.12. The highest BCUT2D eigenvalue weighted by atomic mass is 35.5. The maximum atomic E-state index is 10.7. The van der Waals surface area contributed by atoms with Gasteiger partial charge in [-0.15, -0.1) is 0 Å². The number of nitrogens with one attached hydrogen (secondary N) is 1. The summed E-state index contributed by atoms with van der Waals surface area (Å²) in [6.45, 7) is 2.40. The largest absolute Gasteiger partial charge is 0.508 e. The number of aromatic hydroxyl groups is 2. The predicted molar refractivity (Wildman–Crippen MR) is 122 cm³/mol. The molecule has 0 saturated heterocycles. The molecule has 6 heteroatoms. The van der Waals surface area contributed by atoms with Crippen LogP contribution in [0.3, 0.4) is 0 Å². The van der Waals surface area contributed by atoms with Crippen molar-refractivity contribution in [2.24, 2.45) is 0 Å². The van der Waals surface area contributed by atoms with E-state index >= 15 is 0 Å². The summed E-state index contributed by atoms with van der Waals surface area (Å²) >= 11 is 12.3. The molecule has 0 spiro atoms. The van der Waals surface area contributed by atoms with Gasteiger partial charge in [-0.25, -0.2) is 0 Å². The molecule has 0 atom stereocenters. The molecular weight excluding hydrogens is 419 g/mol. The highest BCUT2D eigenvalue weighted by Crippen LogP contribution is 2.44. The fraction of sp³-hybridized carbons (Fsp3) is 0.167. The van der Waals surface area contributed by atoms with Crippen molar-refractivity contribution in [2.75, 3.05) is 6.54 Å². The molecule has 1 aromatic heterocycles. The molecule has 5 rings (SSSR count). The molecule has 0 aliphatic carbocycles. The van der Waals surface area contributed by atoms with Crippen molar-refractivity contribution >= 4 is 34.1 Å². The van der Waals surface area contributed by atoms with Crippen LogP contribution in [0.15, 0.2) is 54.6 Å². The topological polar surface area (TPSA) is 57.4 Å². The van der Waals surface area contributed by atoms with E-state index in [0.29, 0.717) is 17.1 Å². The zero-order chi connectivity index (χ0) is 20.8. The van der Waals surface area contributed by atoms with E-state index in [4.69, 9.17) is 23.2 Å². The Kier molecular flexibility index (Phi) is 4.86. The molecule has 152 valence electrons. The van der Waals surface area contributed by atoms with Crippen LogP contribution in [0, 0.1) is 0 Å². The van der Waals surface area contributed by atoms with Crippen molar-refractivity contribution in [1.29, 1.82) is 0 Å². The third-order valence-corrected chi connectivity index (χ3v) is 6.58. The van der Waals surface area contributed by atoms with E-state index in [0.717, 1.165) is 41.5 Å². The van der Waals surface area contributed by atoms with Crippen LogP contribution >= 0.6 is 23.2 Å². The van der Waals surface area contributed by atoms with E-state index in [-0.39, 0.29) is 16.5 Å². The van der Waals surface area contributed by atoms with E-state index in [9.17, 15) is 10.2 Å². The van der Waals surface area contributed by atoms with Crippen LogP contribution in [0.5, 0.6) is 11.5 Å². The van der Waals surface area contributed by atoms with Gasteiger partial charge in [0.1, 0.15) is 16.5 Å². The molecule has 1 aliphatic heterocycles. The number of nitrogens with zero attached hydrogens (tertiary/aromatic N) is 1. The summed E-state index contributed by atoms with van der Waals surface area (Å²) in [6, 6.07) is 17.0. The van der Waals surface area contributed by atoms with Crippen LogP contribution in [0.1, 0.15) is 16.8 Å². The van der Waals surface area contributed by atoms with Gasteiger partial charge in [0.15, 0.2) is 0 Å². The Bertz CT molecular complexity index is 1260. The fourth-order valence-electron chi connectivity index (χ4n) is 4.37. The molecule has 1 aliphatic rings. The van der Waals surface area contributed by atoms with Crippen molar-refractivity contribution in [2.45, 2.75) is 19.5 Å². The Morgan fingerprint density at radius 3 is 2.53 bits per heavy atom. The molecule has 0 saturated carbocycles. The fourth-order valence-corrected chi connectivity index (χ4v) is 4.69. The molecule has 0 radical (unpaired) electrons. The maximum Gasteiger partial charge on any atom is 0.143 e. The van der Waals surface area contributed by atoms with Gasteiger partial charge >= 0.3 is 0 Å².